The summed E-state index contributed by atoms with van der Waals surface area (Å²) in [5.74, 6) is 2.75. The molecule has 0 bridgehead atoms. The van der Waals surface area contributed by atoms with Crippen LogP contribution in [-0.4, -0.2) is 36.3 Å². The highest BCUT2D eigenvalue weighted by molar-refractivity contribution is 7.17. The Hall–Kier alpha value is -3.32. The number of benzene rings is 2. The third kappa shape index (κ3) is 5.05. The zero-order chi connectivity index (χ0) is 24.2. The van der Waals surface area contributed by atoms with Crippen molar-refractivity contribution in [2.75, 3.05) is 31.2 Å². The highest BCUT2D eigenvalue weighted by Crippen LogP contribution is 2.37. The van der Waals surface area contributed by atoms with E-state index in [0.29, 0.717) is 35.5 Å². The molecule has 1 fully saturated rings. The number of H-pyrrole nitrogens is 1. The second-order valence-electron chi connectivity index (χ2n) is 8.86. The Bertz CT molecular complexity index is 1340. The van der Waals surface area contributed by atoms with Crippen LogP contribution in [0.1, 0.15) is 32.3 Å². The van der Waals surface area contributed by atoms with Crippen molar-refractivity contribution >= 4 is 27.5 Å². The van der Waals surface area contributed by atoms with E-state index >= 15 is 0 Å². The van der Waals surface area contributed by atoms with Gasteiger partial charge in [0.25, 0.3) is 5.56 Å². The van der Waals surface area contributed by atoms with Crippen LogP contribution in [0.3, 0.4) is 0 Å². The third-order valence-corrected chi connectivity index (χ3v) is 7.52. The van der Waals surface area contributed by atoms with Gasteiger partial charge in [-0.25, -0.2) is 4.98 Å². The summed E-state index contributed by atoms with van der Waals surface area (Å²) in [6, 6.07) is 16.6. The van der Waals surface area contributed by atoms with Gasteiger partial charge in [0.15, 0.2) is 11.5 Å². The number of fused-ring (bicyclic) bond motifs is 1. The van der Waals surface area contributed by atoms with Gasteiger partial charge in [0.1, 0.15) is 4.70 Å². The van der Waals surface area contributed by atoms with E-state index in [0.717, 1.165) is 54.7 Å². The van der Waals surface area contributed by atoms with Crippen LogP contribution < -0.4 is 19.9 Å². The van der Waals surface area contributed by atoms with Crippen LogP contribution in [0.15, 0.2) is 58.7 Å². The van der Waals surface area contributed by atoms with Crippen molar-refractivity contribution in [2.24, 2.45) is 5.92 Å². The van der Waals surface area contributed by atoms with Crippen LogP contribution in [0.2, 0.25) is 0 Å². The van der Waals surface area contributed by atoms with Crippen LogP contribution in [-0.2, 0) is 6.42 Å². The Labute approximate surface area is 209 Å². The second-order valence-corrected chi connectivity index (χ2v) is 9.74. The maximum atomic E-state index is 12.9. The van der Waals surface area contributed by atoms with Crippen LogP contribution in [0.5, 0.6) is 11.5 Å². The molecule has 6 nitrogen and oxygen atoms in total. The Morgan fingerprint density at radius 3 is 2.51 bits per heavy atom. The Balaban J connectivity index is 1.40. The molecular weight excluding hydrogens is 458 g/mol. The molecule has 3 heterocycles. The van der Waals surface area contributed by atoms with Crippen LogP contribution in [0.25, 0.3) is 21.3 Å². The topological polar surface area (TPSA) is 67.5 Å². The average Bonchev–Trinajstić information content (AvgIpc) is 3.31. The smallest absolute Gasteiger partial charge is 0.270 e. The molecule has 1 N–H and O–H groups in total. The lowest BCUT2D eigenvalue weighted by Crippen LogP contribution is -2.36. The minimum Gasteiger partial charge on any atom is -0.490 e. The summed E-state index contributed by atoms with van der Waals surface area (Å²) in [4.78, 5) is 23.1. The molecule has 7 heteroatoms. The number of anilines is 1. The van der Waals surface area contributed by atoms with Crippen molar-refractivity contribution in [2.45, 2.75) is 33.1 Å². The molecule has 4 aromatic rings. The number of piperidine rings is 1. The van der Waals surface area contributed by atoms with Crippen molar-refractivity contribution in [3.63, 3.8) is 0 Å². The van der Waals surface area contributed by atoms with E-state index in [9.17, 15) is 4.79 Å². The zero-order valence-corrected chi connectivity index (χ0v) is 21.1. The minimum absolute atomic E-state index is 0.0800. The van der Waals surface area contributed by atoms with Crippen molar-refractivity contribution in [3.8, 4) is 22.6 Å². The van der Waals surface area contributed by atoms with Crippen LogP contribution in [0.4, 0.5) is 5.95 Å². The molecular formula is C28H31N3O3S. The Kier molecular flexibility index (Phi) is 7.04. The summed E-state index contributed by atoms with van der Waals surface area (Å²) in [5.41, 5.74) is 3.97. The number of aromatic amines is 1. The Morgan fingerprint density at radius 1 is 1.03 bits per heavy atom. The van der Waals surface area contributed by atoms with Gasteiger partial charge in [-0.15, -0.1) is 11.3 Å². The molecule has 0 aliphatic carbocycles. The number of nitrogens with one attached hydrogen (secondary N) is 1. The molecule has 0 unspecified atom stereocenters. The van der Waals surface area contributed by atoms with Gasteiger partial charge in [0.2, 0.25) is 5.95 Å². The van der Waals surface area contributed by atoms with Crippen molar-refractivity contribution in [1.82, 2.24) is 9.97 Å². The highest BCUT2D eigenvalue weighted by atomic mass is 32.1. The van der Waals surface area contributed by atoms with E-state index in [1.165, 1.54) is 16.9 Å². The Morgan fingerprint density at radius 2 is 1.77 bits per heavy atom. The quantitative estimate of drug-likeness (QED) is 0.333. The normalized spacial score (nSPS) is 14.4. The van der Waals surface area contributed by atoms with Crippen LogP contribution >= 0.6 is 11.3 Å². The number of hydrogen-bond donors (Lipinski definition) is 1. The molecule has 35 heavy (non-hydrogen) atoms. The molecule has 0 atom stereocenters. The SMILES string of the molecule is CCOc1ccc(-c2csc3c(=O)[nH]c(N4CCC(Cc5ccccc5)CC4)nc23)cc1OCC. The number of aromatic nitrogens is 2. The summed E-state index contributed by atoms with van der Waals surface area (Å²) >= 11 is 1.43. The predicted octanol–water partition coefficient (Wildman–Crippen LogP) is 5.91. The van der Waals surface area contributed by atoms with Gasteiger partial charge in [-0.05, 0) is 62.3 Å². The maximum absolute atomic E-state index is 12.9. The van der Waals surface area contributed by atoms with Crippen molar-refractivity contribution in [1.29, 1.82) is 0 Å². The number of ether oxygens (including phenoxy) is 2. The number of nitrogens with zero attached hydrogens (tertiary/aromatic N) is 2. The molecule has 5 rings (SSSR count). The first-order chi connectivity index (χ1) is 17.2. The standard InChI is InChI=1S/C28H31N3O3S/c1-3-33-23-11-10-21(17-24(23)34-4-2)22-18-35-26-25(22)29-28(30-27(26)32)31-14-12-20(13-15-31)16-19-8-6-5-7-9-19/h5-11,17-18,20H,3-4,12-16H2,1-2H3,(H,29,30,32). The second kappa shape index (κ2) is 10.5. The van der Waals surface area contributed by atoms with Crippen molar-refractivity contribution < 1.29 is 9.47 Å². The van der Waals surface area contributed by atoms with Gasteiger partial charge in [-0.1, -0.05) is 36.4 Å². The summed E-state index contributed by atoms with van der Waals surface area (Å²) in [6.45, 7) is 6.82. The number of rotatable bonds is 8. The average molecular weight is 490 g/mol. The fraction of sp³-hybridized carbons (Fsp3) is 0.357. The van der Waals surface area contributed by atoms with E-state index < -0.39 is 0 Å². The first-order valence-electron chi connectivity index (χ1n) is 12.4. The molecule has 2 aromatic heterocycles. The van der Waals surface area contributed by atoms with Gasteiger partial charge in [0.05, 0.1) is 18.7 Å². The molecule has 0 saturated carbocycles. The van der Waals surface area contributed by atoms with Crippen molar-refractivity contribution in [3.05, 3.63) is 69.8 Å². The third-order valence-electron chi connectivity index (χ3n) is 6.55. The van der Waals surface area contributed by atoms with Crippen LogP contribution in [0, 0.1) is 5.92 Å². The molecule has 2 aromatic carbocycles. The van der Waals surface area contributed by atoms with E-state index in [1.54, 1.807) is 0 Å². The summed E-state index contributed by atoms with van der Waals surface area (Å²) < 4.78 is 12.2. The molecule has 1 saturated heterocycles. The number of thiophene rings is 1. The number of hydrogen-bond acceptors (Lipinski definition) is 6. The lowest BCUT2D eigenvalue weighted by molar-refractivity contribution is 0.288. The minimum atomic E-state index is -0.0800. The van der Waals surface area contributed by atoms with E-state index in [2.05, 4.69) is 40.2 Å². The van der Waals surface area contributed by atoms with E-state index in [1.807, 2.05) is 37.4 Å². The summed E-state index contributed by atoms with van der Waals surface area (Å²) in [6.07, 6.45) is 3.28. The summed E-state index contributed by atoms with van der Waals surface area (Å²) in [7, 11) is 0. The van der Waals surface area contributed by atoms with Gasteiger partial charge in [0, 0.05) is 24.0 Å². The van der Waals surface area contributed by atoms with E-state index in [-0.39, 0.29) is 5.56 Å². The first-order valence-corrected chi connectivity index (χ1v) is 13.2. The summed E-state index contributed by atoms with van der Waals surface area (Å²) in [5, 5.41) is 2.01. The van der Waals surface area contributed by atoms with Gasteiger partial charge < -0.3 is 14.4 Å². The largest absolute Gasteiger partial charge is 0.490 e. The highest BCUT2D eigenvalue weighted by Gasteiger charge is 2.23. The molecule has 0 radical (unpaired) electrons. The van der Waals surface area contributed by atoms with Gasteiger partial charge >= 0.3 is 0 Å². The lowest BCUT2D eigenvalue weighted by atomic mass is 9.90. The zero-order valence-electron chi connectivity index (χ0n) is 20.3. The molecule has 1 aliphatic rings. The van der Waals surface area contributed by atoms with Gasteiger partial charge in [-0.2, -0.15) is 0 Å². The first kappa shape index (κ1) is 23.4. The fourth-order valence-corrected chi connectivity index (χ4v) is 5.69. The monoisotopic (exact) mass is 489 g/mol. The maximum Gasteiger partial charge on any atom is 0.270 e. The molecule has 182 valence electrons. The lowest BCUT2D eigenvalue weighted by Gasteiger charge is -2.32. The molecule has 0 amide bonds. The molecule has 0 spiro atoms. The fourth-order valence-electron chi connectivity index (χ4n) is 4.79. The van der Waals surface area contributed by atoms with E-state index in [4.69, 9.17) is 14.5 Å². The van der Waals surface area contributed by atoms with Gasteiger partial charge in [-0.3, -0.25) is 9.78 Å². The molecule has 1 aliphatic heterocycles. The predicted molar refractivity (Wildman–Crippen MR) is 143 cm³/mol.